The highest BCUT2D eigenvalue weighted by Crippen LogP contribution is 2.26. The van der Waals surface area contributed by atoms with Gasteiger partial charge in [-0.25, -0.2) is 0 Å². The predicted octanol–water partition coefficient (Wildman–Crippen LogP) is 0.358. The Morgan fingerprint density at radius 2 is 2.00 bits per heavy atom. The molecular weight excluding hydrogens is 192 g/mol. The minimum atomic E-state index is -0.641. The fraction of sp³-hybridized carbons (Fsp3) is 0.909. The topological polar surface area (TPSA) is 52.6 Å². The summed E-state index contributed by atoms with van der Waals surface area (Å²) in [5.41, 5.74) is -1.16. The minimum absolute atomic E-state index is 0.0717. The summed E-state index contributed by atoms with van der Waals surface area (Å²) in [4.78, 5) is 13.7. The van der Waals surface area contributed by atoms with E-state index in [1.165, 1.54) is 0 Å². The van der Waals surface area contributed by atoms with Crippen LogP contribution >= 0.6 is 0 Å². The van der Waals surface area contributed by atoms with Crippen molar-refractivity contribution in [3.63, 3.8) is 0 Å². The van der Waals surface area contributed by atoms with Crippen LogP contribution in [0.2, 0.25) is 0 Å². The van der Waals surface area contributed by atoms with Gasteiger partial charge in [0.2, 0.25) is 5.91 Å². The molecule has 1 saturated heterocycles. The summed E-state index contributed by atoms with van der Waals surface area (Å²) >= 11 is 0. The summed E-state index contributed by atoms with van der Waals surface area (Å²) in [6.07, 6.45) is 0.707. The van der Waals surface area contributed by atoms with Crippen LogP contribution in [0, 0.1) is 0 Å². The van der Waals surface area contributed by atoms with Gasteiger partial charge in [-0.1, -0.05) is 13.8 Å². The van der Waals surface area contributed by atoms with Gasteiger partial charge in [-0.15, -0.1) is 0 Å². The molecule has 0 aromatic heterocycles. The Morgan fingerprint density at radius 1 is 1.47 bits per heavy atom. The van der Waals surface area contributed by atoms with E-state index in [4.69, 9.17) is 0 Å². The number of carbonyl (C=O) groups excluding carboxylic acids is 1. The third-order valence-electron chi connectivity index (χ3n) is 3.07. The molecular formula is C11H22N2O2. The highest BCUT2D eigenvalue weighted by atomic mass is 16.3. The summed E-state index contributed by atoms with van der Waals surface area (Å²) in [5.74, 6) is 0.0717. The lowest BCUT2D eigenvalue weighted by Gasteiger charge is -2.48. The lowest BCUT2D eigenvalue weighted by Crippen LogP contribution is -2.68. The van der Waals surface area contributed by atoms with Gasteiger partial charge in [0, 0.05) is 0 Å². The smallest absolute Gasteiger partial charge is 0.242 e. The van der Waals surface area contributed by atoms with E-state index >= 15 is 0 Å². The zero-order chi connectivity index (χ0) is 11.7. The van der Waals surface area contributed by atoms with E-state index in [1.54, 1.807) is 4.90 Å². The Bertz CT molecular complexity index is 245. The minimum Gasteiger partial charge on any atom is -0.386 e. The molecule has 1 rings (SSSR count). The molecule has 15 heavy (non-hydrogen) atoms. The Balaban J connectivity index is 2.51. The number of nitrogens with one attached hydrogen (secondary N) is 1. The standard InChI is InChI=1S/C11H22N2O2/c1-5-11(15)7-13(8-11)9(14)10(3,4)12-6-2/h12,15H,5-8H2,1-4H3. The van der Waals surface area contributed by atoms with Crippen molar-refractivity contribution in [3.05, 3.63) is 0 Å². The molecule has 4 heteroatoms. The number of β-amino-alcohol motifs (C(OH)–C–C–N with tert-alkyl or cyclic N) is 1. The van der Waals surface area contributed by atoms with Gasteiger partial charge in [0.1, 0.15) is 0 Å². The fourth-order valence-electron chi connectivity index (χ4n) is 1.94. The lowest BCUT2D eigenvalue weighted by atomic mass is 9.89. The fourth-order valence-corrected chi connectivity index (χ4v) is 1.94. The SMILES string of the molecule is CCNC(C)(C)C(=O)N1CC(O)(CC)C1. The maximum Gasteiger partial charge on any atom is 0.242 e. The van der Waals surface area contributed by atoms with E-state index < -0.39 is 11.1 Å². The van der Waals surface area contributed by atoms with Gasteiger partial charge in [-0.2, -0.15) is 0 Å². The number of hydrogen-bond acceptors (Lipinski definition) is 3. The summed E-state index contributed by atoms with van der Waals surface area (Å²) in [6, 6.07) is 0. The molecule has 88 valence electrons. The maximum atomic E-state index is 12.0. The second kappa shape index (κ2) is 4.10. The first-order chi connectivity index (χ1) is 6.84. The second-order valence-electron chi connectivity index (χ2n) is 4.89. The zero-order valence-electron chi connectivity index (χ0n) is 10.1. The maximum absolute atomic E-state index is 12.0. The van der Waals surface area contributed by atoms with Crippen LogP contribution in [0.5, 0.6) is 0 Å². The number of aliphatic hydroxyl groups is 1. The number of carbonyl (C=O) groups is 1. The molecule has 0 aliphatic carbocycles. The summed E-state index contributed by atoms with van der Waals surface area (Å²) in [5, 5.41) is 13.0. The molecule has 4 nitrogen and oxygen atoms in total. The number of rotatable bonds is 4. The molecule has 1 aliphatic rings. The number of likely N-dealkylation sites (tertiary alicyclic amines) is 1. The molecule has 1 fully saturated rings. The van der Waals surface area contributed by atoms with Gasteiger partial charge in [0.25, 0.3) is 0 Å². The van der Waals surface area contributed by atoms with Crippen molar-refractivity contribution >= 4 is 5.91 Å². The Hall–Kier alpha value is -0.610. The highest BCUT2D eigenvalue weighted by Gasteiger charge is 2.45. The number of hydrogen-bond donors (Lipinski definition) is 2. The molecule has 2 N–H and O–H groups in total. The average molecular weight is 214 g/mol. The van der Waals surface area contributed by atoms with Crippen LogP contribution in [0.25, 0.3) is 0 Å². The van der Waals surface area contributed by atoms with Gasteiger partial charge < -0.3 is 15.3 Å². The molecule has 1 heterocycles. The Morgan fingerprint density at radius 3 is 2.40 bits per heavy atom. The van der Waals surface area contributed by atoms with Gasteiger partial charge >= 0.3 is 0 Å². The molecule has 0 spiro atoms. The van der Waals surface area contributed by atoms with Gasteiger partial charge in [0.05, 0.1) is 24.2 Å². The third kappa shape index (κ3) is 2.49. The van der Waals surface area contributed by atoms with Crippen molar-refractivity contribution in [1.29, 1.82) is 0 Å². The Labute approximate surface area is 91.6 Å². The molecule has 0 radical (unpaired) electrons. The van der Waals surface area contributed by atoms with Crippen molar-refractivity contribution in [2.24, 2.45) is 0 Å². The average Bonchev–Trinajstić information content (AvgIpc) is 2.11. The van der Waals surface area contributed by atoms with E-state index in [9.17, 15) is 9.90 Å². The quantitative estimate of drug-likeness (QED) is 0.710. The van der Waals surface area contributed by atoms with Crippen LogP contribution < -0.4 is 5.32 Å². The second-order valence-corrected chi connectivity index (χ2v) is 4.89. The van der Waals surface area contributed by atoms with Gasteiger partial charge in [-0.3, -0.25) is 4.79 Å². The summed E-state index contributed by atoms with van der Waals surface area (Å²) in [7, 11) is 0. The molecule has 1 aliphatic heterocycles. The third-order valence-corrected chi connectivity index (χ3v) is 3.07. The van der Waals surface area contributed by atoms with Crippen molar-refractivity contribution in [3.8, 4) is 0 Å². The molecule has 0 atom stereocenters. The number of likely N-dealkylation sites (N-methyl/N-ethyl adjacent to an activating group) is 1. The van der Waals surface area contributed by atoms with Crippen LogP contribution in [0.15, 0.2) is 0 Å². The van der Waals surface area contributed by atoms with Gasteiger partial charge in [0.15, 0.2) is 0 Å². The Kier molecular flexibility index (Phi) is 3.41. The molecule has 0 aromatic rings. The van der Waals surface area contributed by atoms with E-state index in [1.807, 2.05) is 27.7 Å². The van der Waals surface area contributed by atoms with E-state index in [-0.39, 0.29) is 5.91 Å². The lowest BCUT2D eigenvalue weighted by molar-refractivity contribution is -0.161. The molecule has 0 saturated carbocycles. The van der Waals surface area contributed by atoms with Crippen LogP contribution in [-0.2, 0) is 4.79 Å². The van der Waals surface area contributed by atoms with Crippen molar-refractivity contribution < 1.29 is 9.90 Å². The first-order valence-corrected chi connectivity index (χ1v) is 5.61. The zero-order valence-corrected chi connectivity index (χ0v) is 10.1. The van der Waals surface area contributed by atoms with Crippen LogP contribution in [0.1, 0.15) is 34.1 Å². The normalized spacial score (nSPS) is 19.9. The summed E-state index contributed by atoms with van der Waals surface area (Å²) < 4.78 is 0. The monoisotopic (exact) mass is 214 g/mol. The van der Waals surface area contributed by atoms with Crippen LogP contribution in [0.4, 0.5) is 0 Å². The highest BCUT2D eigenvalue weighted by molar-refractivity contribution is 5.86. The first-order valence-electron chi connectivity index (χ1n) is 5.61. The largest absolute Gasteiger partial charge is 0.386 e. The van der Waals surface area contributed by atoms with Crippen molar-refractivity contribution in [2.45, 2.75) is 45.3 Å². The van der Waals surface area contributed by atoms with Crippen LogP contribution in [-0.4, -0.2) is 46.7 Å². The molecule has 0 aromatic carbocycles. The van der Waals surface area contributed by atoms with Gasteiger partial charge in [-0.05, 0) is 26.8 Å². The van der Waals surface area contributed by atoms with Crippen molar-refractivity contribution in [2.75, 3.05) is 19.6 Å². The predicted molar refractivity (Wildman–Crippen MR) is 59.6 cm³/mol. The first kappa shape index (κ1) is 12.5. The summed E-state index contributed by atoms with van der Waals surface area (Å²) in [6.45, 7) is 9.38. The molecule has 0 unspecified atom stereocenters. The van der Waals surface area contributed by atoms with E-state index in [0.717, 1.165) is 6.54 Å². The molecule has 0 bridgehead atoms. The van der Waals surface area contributed by atoms with E-state index in [2.05, 4.69) is 5.32 Å². The van der Waals surface area contributed by atoms with Crippen molar-refractivity contribution in [1.82, 2.24) is 10.2 Å². The van der Waals surface area contributed by atoms with Crippen LogP contribution in [0.3, 0.4) is 0 Å². The van der Waals surface area contributed by atoms with E-state index in [0.29, 0.717) is 19.5 Å². The molecule has 1 amide bonds. The number of amides is 1. The number of nitrogens with zero attached hydrogens (tertiary/aromatic N) is 1.